The van der Waals surface area contributed by atoms with Gasteiger partial charge in [0.25, 0.3) is 0 Å². The van der Waals surface area contributed by atoms with Gasteiger partial charge in [0.05, 0.1) is 4.88 Å². The van der Waals surface area contributed by atoms with E-state index in [1.54, 1.807) is 42.6 Å². The van der Waals surface area contributed by atoms with E-state index in [0.717, 1.165) is 22.5 Å². The van der Waals surface area contributed by atoms with E-state index in [1.807, 2.05) is 54.6 Å². The molecule has 0 fully saturated rings. The maximum absolute atomic E-state index is 14.1. The number of nitrogens with one attached hydrogen (secondary N) is 1. The highest BCUT2D eigenvalue weighted by atomic mass is 32.1. The Kier molecular flexibility index (Phi) is 7.99. The van der Waals surface area contributed by atoms with Crippen LogP contribution in [0.3, 0.4) is 0 Å². The van der Waals surface area contributed by atoms with Gasteiger partial charge in [-0.15, -0.1) is 0 Å². The Balaban J connectivity index is 1.40. The van der Waals surface area contributed by atoms with Gasteiger partial charge in [0.1, 0.15) is 23.8 Å². The number of pyridine rings is 1. The minimum atomic E-state index is -4.64. The molecule has 0 aliphatic heterocycles. The molecule has 1 N–H and O–H groups in total. The Morgan fingerprint density at radius 1 is 0.829 bits per heavy atom. The number of aromatic nitrogens is 2. The molecule has 5 aromatic rings. The van der Waals surface area contributed by atoms with E-state index in [4.69, 9.17) is 9.47 Å². The molecule has 0 aliphatic carbocycles. The number of benzene rings is 3. The normalized spacial score (nSPS) is 11.8. The van der Waals surface area contributed by atoms with Crippen molar-refractivity contribution in [3.8, 4) is 27.8 Å². The molecule has 0 saturated heterocycles. The molecule has 3 aromatic carbocycles. The first-order chi connectivity index (χ1) is 19.6. The van der Waals surface area contributed by atoms with Gasteiger partial charge in [-0.3, -0.25) is 0 Å². The second kappa shape index (κ2) is 11.6. The number of anilines is 2. The Hall–Kier alpha value is -4.37. The zero-order valence-corrected chi connectivity index (χ0v) is 23.5. The van der Waals surface area contributed by atoms with Gasteiger partial charge in [0.15, 0.2) is 10.8 Å². The van der Waals surface area contributed by atoms with Crippen LogP contribution in [0.4, 0.5) is 24.0 Å². The number of thiazole rings is 1. The predicted molar refractivity (Wildman–Crippen MR) is 156 cm³/mol. The van der Waals surface area contributed by atoms with Crippen molar-refractivity contribution in [2.75, 3.05) is 5.32 Å². The summed E-state index contributed by atoms with van der Waals surface area (Å²) in [6, 6.07) is 27.2. The van der Waals surface area contributed by atoms with Gasteiger partial charge in [-0.25, -0.2) is 9.97 Å². The van der Waals surface area contributed by atoms with Gasteiger partial charge in [-0.05, 0) is 59.0 Å². The van der Waals surface area contributed by atoms with E-state index in [0.29, 0.717) is 29.4 Å². The molecule has 0 saturated carbocycles. The van der Waals surface area contributed by atoms with Crippen LogP contribution in [0.15, 0.2) is 97.2 Å². The lowest BCUT2D eigenvalue weighted by Crippen LogP contribution is -2.12. The van der Waals surface area contributed by atoms with Crippen molar-refractivity contribution in [2.45, 2.75) is 39.0 Å². The van der Waals surface area contributed by atoms with E-state index in [2.05, 4.69) is 36.1 Å². The third-order valence-electron chi connectivity index (χ3n) is 6.17. The van der Waals surface area contributed by atoms with Crippen LogP contribution in [-0.4, -0.2) is 9.97 Å². The van der Waals surface area contributed by atoms with Crippen molar-refractivity contribution in [1.29, 1.82) is 0 Å². The lowest BCUT2D eigenvalue weighted by atomic mass is 9.86. The molecule has 0 bridgehead atoms. The maximum Gasteiger partial charge on any atom is 0.434 e. The van der Waals surface area contributed by atoms with Crippen LogP contribution in [-0.2, 0) is 18.2 Å². The van der Waals surface area contributed by atoms with Crippen LogP contribution >= 0.6 is 11.3 Å². The quantitative estimate of drug-likeness (QED) is 0.200. The second-order valence-corrected chi connectivity index (χ2v) is 11.3. The lowest BCUT2D eigenvalue weighted by Gasteiger charge is -2.22. The standard InChI is InChI=1S/C32H28F3N3O2S/c1-31(2,3)24-12-7-8-14-26(24)40-29-25(13-9-19-36-29)37-30-38-28(32(33,34)35)27(41-30)22-15-17-23(18-16-22)39-20-21-10-5-4-6-11-21/h4-19H,20H2,1-3H3,(H,37,38). The fraction of sp³-hybridized carbons (Fsp3) is 0.188. The average molecular weight is 576 g/mol. The van der Waals surface area contributed by atoms with Crippen molar-refractivity contribution in [3.63, 3.8) is 0 Å². The lowest BCUT2D eigenvalue weighted by molar-refractivity contribution is -0.140. The molecular formula is C32H28F3N3O2S. The molecule has 9 heteroatoms. The molecule has 210 valence electrons. The molecule has 5 nitrogen and oxygen atoms in total. The van der Waals surface area contributed by atoms with Crippen molar-refractivity contribution in [3.05, 3.63) is 114 Å². The molecule has 0 amide bonds. The average Bonchev–Trinajstić information content (AvgIpc) is 3.38. The summed E-state index contributed by atoms with van der Waals surface area (Å²) in [5, 5.41) is 3.07. The highest BCUT2D eigenvalue weighted by molar-refractivity contribution is 7.19. The zero-order chi connectivity index (χ0) is 29.0. The monoisotopic (exact) mass is 575 g/mol. The van der Waals surface area contributed by atoms with Crippen molar-refractivity contribution in [2.24, 2.45) is 0 Å². The summed E-state index contributed by atoms with van der Waals surface area (Å²) in [7, 11) is 0. The molecule has 0 aliphatic rings. The number of hydrogen-bond donors (Lipinski definition) is 1. The number of para-hydroxylation sites is 1. The molecule has 0 spiro atoms. The molecule has 2 aromatic heterocycles. The number of nitrogens with zero attached hydrogens (tertiary/aromatic N) is 2. The SMILES string of the molecule is CC(C)(C)c1ccccc1Oc1ncccc1Nc1nc(C(F)(F)F)c(-c2ccc(OCc3ccccc3)cc2)s1. The minimum absolute atomic E-state index is 0.000883. The van der Waals surface area contributed by atoms with Crippen LogP contribution in [0.25, 0.3) is 10.4 Å². The number of ether oxygens (including phenoxy) is 2. The summed E-state index contributed by atoms with van der Waals surface area (Å²) in [4.78, 5) is 8.26. The first-order valence-corrected chi connectivity index (χ1v) is 13.7. The van der Waals surface area contributed by atoms with Gasteiger partial charge < -0.3 is 14.8 Å². The highest BCUT2D eigenvalue weighted by Gasteiger charge is 2.38. The van der Waals surface area contributed by atoms with Crippen LogP contribution < -0.4 is 14.8 Å². The summed E-state index contributed by atoms with van der Waals surface area (Å²) < 4.78 is 54.1. The minimum Gasteiger partial charge on any atom is -0.489 e. The first kappa shape index (κ1) is 28.2. The maximum atomic E-state index is 14.1. The highest BCUT2D eigenvalue weighted by Crippen LogP contribution is 2.44. The fourth-order valence-corrected chi connectivity index (χ4v) is 5.17. The molecule has 41 heavy (non-hydrogen) atoms. The third-order valence-corrected chi connectivity index (χ3v) is 7.19. The largest absolute Gasteiger partial charge is 0.489 e. The van der Waals surface area contributed by atoms with Gasteiger partial charge >= 0.3 is 6.18 Å². The van der Waals surface area contributed by atoms with E-state index >= 15 is 0 Å². The Bertz CT molecular complexity index is 1610. The van der Waals surface area contributed by atoms with Crippen molar-refractivity contribution in [1.82, 2.24) is 9.97 Å². The van der Waals surface area contributed by atoms with Gasteiger partial charge in [0.2, 0.25) is 5.88 Å². The van der Waals surface area contributed by atoms with Crippen molar-refractivity contribution < 1.29 is 22.6 Å². The van der Waals surface area contributed by atoms with E-state index in [9.17, 15) is 13.2 Å². The topological polar surface area (TPSA) is 56.3 Å². The Morgan fingerprint density at radius 3 is 2.24 bits per heavy atom. The smallest absolute Gasteiger partial charge is 0.434 e. The van der Waals surface area contributed by atoms with E-state index in [1.165, 1.54) is 0 Å². The van der Waals surface area contributed by atoms with E-state index in [-0.39, 0.29) is 21.3 Å². The summed E-state index contributed by atoms with van der Waals surface area (Å²) in [6.07, 6.45) is -3.08. The van der Waals surface area contributed by atoms with E-state index < -0.39 is 11.9 Å². The fourth-order valence-electron chi connectivity index (χ4n) is 4.17. The molecule has 5 rings (SSSR count). The summed E-state index contributed by atoms with van der Waals surface area (Å²) in [5.74, 6) is 1.41. The van der Waals surface area contributed by atoms with Gasteiger partial charge in [-0.2, -0.15) is 13.2 Å². The molecule has 0 unspecified atom stereocenters. The van der Waals surface area contributed by atoms with Crippen LogP contribution in [0, 0.1) is 0 Å². The molecular weight excluding hydrogens is 547 g/mol. The molecule has 2 heterocycles. The van der Waals surface area contributed by atoms with Gasteiger partial charge in [-0.1, -0.05) is 80.6 Å². The summed E-state index contributed by atoms with van der Waals surface area (Å²) >= 11 is 0.906. The third kappa shape index (κ3) is 6.86. The summed E-state index contributed by atoms with van der Waals surface area (Å²) in [5.41, 5.74) is 1.60. The number of alkyl halides is 3. The number of rotatable bonds is 8. The second-order valence-electron chi connectivity index (χ2n) is 10.3. The van der Waals surface area contributed by atoms with Gasteiger partial charge in [0, 0.05) is 11.8 Å². The number of halogens is 3. The Morgan fingerprint density at radius 2 is 1.54 bits per heavy atom. The van der Waals surface area contributed by atoms with Crippen molar-refractivity contribution >= 4 is 22.2 Å². The summed E-state index contributed by atoms with van der Waals surface area (Å²) in [6.45, 7) is 6.58. The first-order valence-electron chi connectivity index (χ1n) is 12.9. The zero-order valence-electron chi connectivity index (χ0n) is 22.7. The Labute approximate surface area is 240 Å². The molecule has 0 radical (unpaired) electrons. The van der Waals surface area contributed by atoms with Crippen LogP contribution in [0.1, 0.15) is 37.6 Å². The predicted octanol–water partition coefficient (Wildman–Crippen LogP) is 9.64. The van der Waals surface area contributed by atoms with Crippen LogP contribution in [0.2, 0.25) is 0 Å². The molecule has 0 atom stereocenters. The van der Waals surface area contributed by atoms with Crippen LogP contribution in [0.5, 0.6) is 17.4 Å². The number of hydrogen-bond acceptors (Lipinski definition) is 6.